The zero-order valence-corrected chi connectivity index (χ0v) is 30.9. The van der Waals surface area contributed by atoms with E-state index in [2.05, 4.69) is 118 Å². The van der Waals surface area contributed by atoms with Crippen LogP contribution in [0.25, 0.3) is 0 Å². The fraction of sp³-hybridized carbons (Fsp3) is 0.786. The first-order valence-corrected chi connectivity index (χ1v) is 27.8. The average Bonchev–Trinajstić information content (AvgIpc) is 2.66. The Labute approximate surface area is 237 Å². The van der Waals surface area contributed by atoms with Gasteiger partial charge in [0.05, 0.1) is 12.0 Å². The third kappa shape index (κ3) is 11.3. The fourth-order valence-corrected chi connectivity index (χ4v) is 8.15. The summed E-state index contributed by atoms with van der Waals surface area (Å²) < 4.78 is 40.6. The first kappa shape index (κ1) is 33.9. The Balaban J connectivity index is 2.65. The van der Waals surface area contributed by atoms with Gasteiger partial charge in [0.2, 0.25) is 6.29 Å². The second-order valence-electron chi connectivity index (χ2n) is 14.9. The third-order valence-corrected chi connectivity index (χ3v) is 9.75. The lowest BCUT2D eigenvalue weighted by molar-refractivity contribution is -0.299. The van der Waals surface area contributed by atoms with Gasteiger partial charge in [0.25, 0.3) is 0 Å². The Hall–Kier alpha value is -0.312. The molecule has 0 aliphatic carbocycles. The van der Waals surface area contributed by atoms with Crippen LogP contribution in [-0.4, -0.2) is 64.7 Å². The van der Waals surface area contributed by atoms with Gasteiger partial charge >= 0.3 is 0 Å². The van der Waals surface area contributed by atoms with Crippen molar-refractivity contribution >= 4 is 33.3 Å². The highest BCUT2D eigenvalue weighted by Crippen LogP contribution is 2.39. The first-order chi connectivity index (χ1) is 17.0. The summed E-state index contributed by atoms with van der Waals surface area (Å²) >= 11 is 0. The molecule has 1 heterocycles. The Morgan fingerprint density at radius 1 is 0.711 bits per heavy atom. The number of hydrogen-bond acceptors (Lipinski definition) is 6. The lowest BCUT2D eigenvalue weighted by Crippen LogP contribution is -2.64. The summed E-state index contributed by atoms with van der Waals surface area (Å²) in [5.41, 5.74) is 2.31. The Morgan fingerprint density at radius 3 is 1.71 bits per heavy atom. The lowest BCUT2D eigenvalue weighted by Gasteiger charge is -2.50. The van der Waals surface area contributed by atoms with Crippen LogP contribution in [0.5, 0.6) is 5.75 Å². The number of rotatable bonds is 12. The highest BCUT2D eigenvalue weighted by atomic mass is 28.4. The summed E-state index contributed by atoms with van der Waals surface area (Å²) in [6.45, 7) is 33.5. The molecule has 10 heteroatoms. The van der Waals surface area contributed by atoms with Gasteiger partial charge in [-0.05, 0) is 109 Å². The molecule has 0 bridgehead atoms. The molecule has 2 rings (SSSR count). The third-order valence-electron chi connectivity index (χ3n) is 5.82. The standard InChI is InChI=1S/C28H56O6Si4/c1-20(2)22-17-16-21(3)18-24(22)30-27-23(19-29-35(4,5)6)25(32-36(7,8)9)26(33-37(10,11)12)28(31-27)34-38(13,14)15/h16-18,20,23,25-28H,19H2,1-15H3. The minimum Gasteiger partial charge on any atom is -0.464 e. The molecule has 0 spiro atoms. The second-order valence-corrected chi connectivity index (χ2v) is 32.8. The predicted molar refractivity (Wildman–Crippen MR) is 168 cm³/mol. The van der Waals surface area contributed by atoms with E-state index in [9.17, 15) is 0 Å². The van der Waals surface area contributed by atoms with E-state index in [1.807, 2.05) is 0 Å². The molecule has 38 heavy (non-hydrogen) atoms. The monoisotopic (exact) mass is 600 g/mol. The fourth-order valence-electron chi connectivity index (χ4n) is 4.38. The Bertz CT molecular complexity index is 899. The van der Waals surface area contributed by atoms with Crippen molar-refractivity contribution in [3.8, 4) is 5.75 Å². The minimum absolute atomic E-state index is 0.170. The van der Waals surface area contributed by atoms with Crippen LogP contribution in [0, 0.1) is 12.8 Å². The zero-order valence-electron chi connectivity index (χ0n) is 26.9. The number of benzene rings is 1. The molecule has 0 N–H and O–H groups in total. The molecule has 6 nitrogen and oxygen atoms in total. The van der Waals surface area contributed by atoms with Crippen LogP contribution in [0.4, 0.5) is 0 Å². The summed E-state index contributed by atoms with van der Waals surface area (Å²) in [5, 5.41) is 0. The van der Waals surface area contributed by atoms with Crippen molar-refractivity contribution in [1.82, 2.24) is 0 Å². The first-order valence-electron chi connectivity index (χ1n) is 14.1. The summed E-state index contributed by atoms with van der Waals surface area (Å²) in [4.78, 5) is 0. The summed E-state index contributed by atoms with van der Waals surface area (Å²) in [7, 11) is -7.79. The van der Waals surface area contributed by atoms with Gasteiger partial charge in [0, 0.05) is 6.61 Å². The number of hydrogen-bond donors (Lipinski definition) is 0. The maximum Gasteiger partial charge on any atom is 0.210 e. The van der Waals surface area contributed by atoms with Crippen molar-refractivity contribution in [2.45, 2.75) is 130 Å². The van der Waals surface area contributed by atoms with E-state index >= 15 is 0 Å². The SMILES string of the molecule is Cc1ccc(C(C)C)c(OC2OC(O[Si](C)(C)C)C(O[Si](C)(C)C)C(O[Si](C)(C)C)C2CO[Si](C)(C)C)c1. The van der Waals surface area contributed by atoms with Gasteiger partial charge in [0.15, 0.2) is 39.6 Å². The zero-order chi connectivity index (χ0) is 29.3. The van der Waals surface area contributed by atoms with Gasteiger partial charge in [0.1, 0.15) is 11.9 Å². The predicted octanol–water partition coefficient (Wildman–Crippen LogP) is 7.94. The highest BCUT2D eigenvalue weighted by Gasteiger charge is 2.52. The minimum atomic E-state index is -1.99. The Morgan fingerprint density at radius 2 is 1.24 bits per heavy atom. The van der Waals surface area contributed by atoms with Gasteiger partial charge in [-0.1, -0.05) is 26.0 Å². The summed E-state index contributed by atoms with van der Waals surface area (Å²) in [5.74, 6) is 1.000. The van der Waals surface area contributed by atoms with E-state index in [1.165, 1.54) is 0 Å². The highest BCUT2D eigenvalue weighted by molar-refractivity contribution is 6.71. The van der Waals surface area contributed by atoms with E-state index in [-0.39, 0.29) is 18.1 Å². The van der Waals surface area contributed by atoms with Crippen LogP contribution in [-0.2, 0) is 22.4 Å². The van der Waals surface area contributed by atoms with E-state index in [1.54, 1.807) is 0 Å². The van der Waals surface area contributed by atoms with E-state index in [4.69, 9.17) is 27.2 Å². The van der Waals surface area contributed by atoms with Gasteiger partial charge in [-0.2, -0.15) is 0 Å². The van der Waals surface area contributed by atoms with Gasteiger partial charge in [-0.3, -0.25) is 0 Å². The molecule has 1 aromatic rings. The van der Waals surface area contributed by atoms with Crippen molar-refractivity contribution < 1.29 is 27.2 Å². The van der Waals surface area contributed by atoms with Crippen LogP contribution in [0.2, 0.25) is 78.6 Å². The van der Waals surface area contributed by atoms with Crippen LogP contribution in [0.1, 0.15) is 30.9 Å². The summed E-state index contributed by atoms with van der Waals surface area (Å²) in [6.07, 6.45) is -1.78. The van der Waals surface area contributed by atoms with E-state index in [0.29, 0.717) is 12.5 Å². The average molecular weight is 601 g/mol. The Kier molecular flexibility index (Phi) is 11.3. The molecule has 220 valence electrons. The molecule has 1 aliphatic heterocycles. The smallest absolute Gasteiger partial charge is 0.210 e. The quantitative estimate of drug-likeness (QED) is 0.227. The van der Waals surface area contributed by atoms with Crippen molar-refractivity contribution in [2.24, 2.45) is 5.92 Å². The molecule has 5 unspecified atom stereocenters. The molecular formula is C28H56O6Si4. The molecule has 0 saturated carbocycles. The molecule has 0 amide bonds. The maximum atomic E-state index is 6.98. The topological polar surface area (TPSA) is 55.4 Å². The van der Waals surface area contributed by atoms with Crippen LogP contribution in [0.3, 0.4) is 0 Å². The maximum absolute atomic E-state index is 6.98. The molecule has 1 saturated heterocycles. The van der Waals surface area contributed by atoms with Gasteiger partial charge < -0.3 is 27.2 Å². The van der Waals surface area contributed by atoms with Gasteiger partial charge in [-0.25, -0.2) is 0 Å². The number of aryl methyl sites for hydroxylation is 1. The second kappa shape index (κ2) is 12.7. The molecule has 1 aromatic carbocycles. The normalized spacial score (nSPS) is 25.6. The molecule has 5 atom stereocenters. The largest absolute Gasteiger partial charge is 0.464 e. The van der Waals surface area contributed by atoms with Gasteiger partial charge in [-0.15, -0.1) is 0 Å². The molecule has 0 radical (unpaired) electrons. The summed E-state index contributed by atoms with van der Waals surface area (Å²) in [6, 6.07) is 6.42. The van der Waals surface area contributed by atoms with Crippen LogP contribution < -0.4 is 4.74 Å². The van der Waals surface area contributed by atoms with E-state index < -0.39 is 45.8 Å². The molecule has 1 aliphatic rings. The van der Waals surface area contributed by atoms with Crippen molar-refractivity contribution in [3.63, 3.8) is 0 Å². The number of ether oxygens (including phenoxy) is 2. The van der Waals surface area contributed by atoms with E-state index in [0.717, 1.165) is 16.9 Å². The molecular weight excluding hydrogens is 545 g/mol. The molecule has 1 fully saturated rings. The van der Waals surface area contributed by atoms with Crippen LogP contribution >= 0.6 is 0 Å². The van der Waals surface area contributed by atoms with Crippen molar-refractivity contribution in [3.05, 3.63) is 29.3 Å². The van der Waals surface area contributed by atoms with Crippen LogP contribution in [0.15, 0.2) is 18.2 Å². The van der Waals surface area contributed by atoms with Crippen molar-refractivity contribution in [2.75, 3.05) is 6.61 Å². The van der Waals surface area contributed by atoms with Crippen molar-refractivity contribution in [1.29, 1.82) is 0 Å². The molecule has 0 aromatic heterocycles. The lowest BCUT2D eigenvalue weighted by atomic mass is 9.94.